The van der Waals surface area contributed by atoms with Crippen LogP contribution in [-0.4, -0.2) is 156 Å². The number of thioether (sulfide) groups is 4. The summed E-state index contributed by atoms with van der Waals surface area (Å²) < 4.78 is 45.8. The smallest absolute Gasteiger partial charge is 0.0700 e. The van der Waals surface area contributed by atoms with Gasteiger partial charge in [0.1, 0.15) is 0 Å². The van der Waals surface area contributed by atoms with Crippen LogP contribution in [0.25, 0.3) is 0 Å². The van der Waals surface area contributed by atoms with Crippen LogP contribution in [0.3, 0.4) is 0 Å². The van der Waals surface area contributed by atoms with Crippen molar-refractivity contribution in [2.45, 2.75) is 144 Å². The minimum absolute atomic E-state index is 0. The molecular weight excluding hydrogens is 797 g/mol. The number of rotatable bonds is 27. The molecule has 0 aromatic heterocycles. The molecule has 0 aliphatic rings. The van der Waals surface area contributed by atoms with Crippen LogP contribution in [0, 0.1) is 5.41 Å². The fraction of sp³-hybridized carbons (Fsp3) is 1.00. The van der Waals surface area contributed by atoms with E-state index in [-0.39, 0.29) is 96.5 Å². The van der Waals surface area contributed by atoms with E-state index in [1.165, 1.54) is 0 Å². The quantitative estimate of drug-likeness (QED) is 0.0737. The van der Waals surface area contributed by atoms with E-state index < -0.39 is 5.41 Å². The molecule has 8 nitrogen and oxygen atoms in total. The molecule has 0 N–H and O–H groups in total. The zero-order valence-electron chi connectivity index (χ0n) is 30.8. The van der Waals surface area contributed by atoms with Crippen LogP contribution in [0.5, 0.6) is 0 Å². The van der Waals surface area contributed by atoms with Gasteiger partial charge in [-0.15, -0.1) is 0 Å². The third-order valence-corrected chi connectivity index (χ3v) is 4.37. The van der Waals surface area contributed by atoms with Crippen molar-refractivity contribution in [3.63, 3.8) is 0 Å². The van der Waals surface area contributed by atoms with Crippen molar-refractivity contribution in [3.8, 4) is 0 Å². The van der Waals surface area contributed by atoms with Crippen LogP contribution < -0.4 is 0 Å². The third-order valence-electron chi connectivity index (χ3n) is 4.37. The lowest BCUT2D eigenvalue weighted by Crippen LogP contribution is -2.42. The number of ether oxygens (including phenoxy) is 8. The summed E-state index contributed by atoms with van der Waals surface area (Å²) in [6.45, 7) is 17.4. The Morgan fingerprint density at radius 2 is 0.421 bits per heavy atom. The van der Waals surface area contributed by atoms with E-state index in [9.17, 15) is 0 Å². The van der Waals surface area contributed by atoms with Crippen molar-refractivity contribution >= 4 is 47.0 Å². The lowest BCUT2D eigenvalue weighted by molar-refractivity contribution is -0.121. The average Bonchev–Trinajstić information content (AvgIpc) is 3.00. The lowest BCUT2D eigenvalue weighted by atomic mass is 9.92. The summed E-state index contributed by atoms with van der Waals surface area (Å²) >= 11 is 7.00. The molecule has 0 atom stereocenters. The fourth-order valence-electron chi connectivity index (χ4n) is 2.76. The molecule has 0 rings (SSSR count). The molecule has 0 amide bonds. The Morgan fingerprint density at radius 3 is 0.579 bits per heavy atom. The summed E-state index contributed by atoms with van der Waals surface area (Å²) in [5.74, 6) is 0. The van der Waals surface area contributed by atoms with Crippen molar-refractivity contribution in [2.75, 3.05) is 156 Å². The van der Waals surface area contributed by atoms with Crippen LogP contribution in [-0.2, 0) is 37.9 Å². The highest BCUT2D eigenvalue weighted by atomic mass is 32.2. The number of hydrogen-bond acceptors (Lipinski definition) is 12. The molecule has 0 aromatic rings. The van der Waals surface area contributed by atoms with Crippen LogP contribution in [0.15, 0.2) is 0 Å². The van der Waals surface area contributed by atoms with Gasteiger partial charge in [-0.25, -0.2) is 0 Å². The van der Waals surface area contributed by atoms with Crippen molar-refractivity contribution in [1.29, 1.82) is 0 Å². The Kier molecular flexibility index (Phi) is 256. The van der Waals surface area contributed by atoms with Gasteiger partial charge < -0.3 is 37.9 Å². The molecule has 0 saturated carbocycles. The maximum Gasteiger partial charge on any atom is 0.0700 e. The summed E-state index contributed by atoms with van der Waals surface area (Å²) in [4.78, 5) is 0. The summed E-state index contributed by atoms with van der Waals surface area (Å²) in [7, 11) is 0. The second-order valence-corrected chi connectivity index (χ2v) is 12.6. The van der Waals surface area contributed by atoms with Gasteiger partial charge in [0.05, 0.1) is 84.7 Å². The second-order valence-electron chi connectivity index (χ2n) is 9.38. The molecular formula is C45H126O8S4. The molecule has 0 aromatic carbocycles. The van der Waals surface area contributed by atoms with E-state index in [0.29, 0.717) is 85.9 Å². The molecule has 378 valence electrons. The third kappa shape index (κ3) is 133. The van der Waals surface area contributed by atoms with Gasteiger partial charge in [0.2, 0.25) is 0 Å². The first kappa shape index (κ1) is 118. The van der Waals surface area contributed by atoms with Gasteiger partial charge >= 0.3 is 0 Å². The van der Waals surface area contributed by atoms with E-state index in [2.05, 4.69) is 20.8 Å². The van der Waals surface area contributed by atoms with Gasteiger partial charge in [0.15, 0.2) is 0 Å². The summed E-state index contributed by atoms with van der Waals surface area (Å²) in [5, 5.41) is 0. The normalized spacial score (nSPS) is 8.00. The second kappa shape index (κ2) is 124. The molecule has 0 bridgehead atoms. The summed E-state index contributed by atoms with van der Waals surface area (Å²) in [6.07, 6.45) is 19.3. The molecule has 0 fully saturated rings. The lowest BCUT2D eigenvalue weighted by Gasteiger charge is -2.33. The minimum Gasteiger partial charge on any atom is -0.379 e. The molecule has 57 heavy (non-hydrogen) atoms. The molecule has 0 spiro atoms. The van der Waals surface area contributed by atoms with Crippen LogP contribution >= 0.6 is 47.0 Å². The van der Waals surface area contributed by atoms with Gasteiger partial charge in [0.25, 0.3) is 0 Å². The summed E-state index contributed by atoms with van der Waals surface area (Å²) in [5.41, 5.74) is -0.424. The van der Waals surface area contributed by atoms with E-state index in [0.717, 1.165) is 39.1 Å². The van der Waals surface area contributed by atoms with Crippen molar-refractivity contribution in [1.82, 2.24) is 0 Å². The molecule has 0 radical (unpaired) electrons. The molecule has 12 heteroatoms. The van der Waals surface area contributed by atoms with E-state index in [4.69, 9.17) is 37.9 Å². The van der Waals surface area contributed by atoms with E-state index in [1.807, 2.05) is 57.0 Å². The maximum atomic E-state index is 5.96. The first-order chi connectivity index (χ1) is 21.4. The van der Waals surface area contributed by atoms with Crippen molar-refractivity contribution < 1.29 is 37.9 Å². The highest BCUT2D eigenvalue weighted by Gasteiger charge is 2.32. The minimum atomic E-state index is -0.424. The SMILES string of the molecule is C.C.C.C.C.C.C.C.C.C.C.C.C.CCCOCCOCC(COCCOCC)(COCCOCCC)COCCOCCC.CSC.CSC.CSC.CSC. The molecule has 0 heterocycles. The van der Waals surface area contributed by atoms with Crippen LogP contribution in [0.1, 0.15) is 144 Å². The first-order valence-corrected chi connectivity index (χ1v) is 22.2. The molecule has 0 unspecified atom stereocenters. The van der Waals surface area contributed by atoms with Gasteiger partial charge in [-0.3, -0.25) is 0 Å². The van der Waals surface area contributed by atoms with Crippen LogP contribution in [0.2, 0.25) is 0 Å². The van der Waals surface area contributed by atoms with Gasteiger partial charge in [-0.2, -0.15) is 47.0 Å². The highest BCUT2D eigenvalue weighted by Crippen LogP contribution is 2.21. The van der Waals surface area contributed by atoms with Crippen molar-refractivity contribution in [2.24, 2.45) is 5.41 Å². The van der Waals surface area contributed by atoms with Crippen LogP contribution in [0.4, 0.5) is 0 Å². The van der Waals surface area contributed by atoms with Crippen molar-refractivity contribution in [3.05, 3.63) is 0 Å². The Labute approximate surface area is 387 Å². The Morgan fingerprint density at radius 1 is 0.263 bits per heavy atom. The highest BCUT2D eigenvalue weighted by molar-refractivity contribution is 7.98. The molecule has 0 aliphatic heterocycles. The maximum absolute atomic E-state index is 5.96. The number of hydrogen-bond donors (Lipinski definition) is 0. The van der Waals surface area contributed by atoms with Gasteiger partial charge in [0, 0.05) is 26.4 Å². The monoisotopic (exact) mass is 923 g/mol. The zero-order chi connectivity index (χ0) is 34.4. The van der Waals surface area contributed by atoms with E-state index >= 15 is 0 Å². The Bertz CT molecular complexity index is 388. The largest absolute Gasteiger partial charge is 0.379 e. The van der Waals surface area contributed by atoms with E-state index in [1.54, 1.807) is 47.0 Å². The average molecular weight is 924 g/mol. The standard InChI is InChI=1S/C24H50O8.4C2H6S.13CH4/c1-5-9-26-13-17-30-21-24(20-29-16-12-25-8-4,22-31-18-14-27-10-6-2)23-32-19-15-28-11-7-3;4*1-3-2;;;;;;;;;;;;;/h5-23H2,1-4H3;4*1-2H3;13*1H4. The Balaban J connectivity index is -0.0000000338. The van der Waals surface area contributed by atoms with Gasteiger partial charge in [-0.1, -0.05) is 117 Å². The predicted octanol–water partition coefficient (Wildman–Crippen LogP) is 15.5. The fourth-order valence-corrected chi connectivity index (χ4v) is 2.76. The predicted molar refractivity (Wildman–Crippen MR) is 291 cm³/mol. The Hall–Kier alpha value is 1.08. The topological polar surface area (TPSA) is 73.8 Å². The van der Waals surface area contributed by atoms with Gasteiger partial charge in [-0.05, 0) is 76.2 Å². The molecule has 0 aliphatic carbocycles. The zero-order valence-corrected chi connectivity index (χ0v) is 34.1. The molecule has 0 saturated heterocycles. The summed E-state index contributed by atoms with van der Waals surface area (Å²) in [6, 6.07) is 0. The first-order valence-electron chi connectivity index (χ1n) is 15.6.